The zero-order valence-electron chi connectivity index (χ0n) is 19.2. The van der Waals surface area contributed by atoms with Crippen molar-refractivity contribution in [2.24, 2.45) is 33.5 Å². The number of carbonyl (C=O) groups excluding carboxylic acids is 2. The third-order valence-electron chi connectivity index (χ3n) is 8.84. The van der Waals surface area contributed by atoms with Gasteiger partial charge in [-0.2, -0.15) is 0 Å². The Morgan fingerprint density at radius 3 is 1.21 bits per heavy atom. The molecule has 0 radical (unpaired) electrons. The Balaban J connectivity index is 0.000000161. The van der Waals surface area contributed by atoms with Crippen molar-refractivity contribution in [2.75, 3.05) is 0 Å². The number of rotatable bonds is 2. The van der Waals surface area contributed by atoms with E-state index in [1.54, 1.807) is 0 Å². The molecule has 0 aromatic carbocycles. The molecule has 0 aromatic heterocycles. The van der Waals surface area contributed by atoms with Gasteiger partial charge in [-0.25, -0.2) is 0 Å². The smallest absolute Gasteiger partial charge is 0.302 e. The van der Waals surface area contributed by atoms with Gasteiger partial charge in [-0.05, 0) is 50.4 Å². The fourth-order valence-corrected chi connectivity index (χ4v) is 7.43. The van der Waals surface area contributed by atoms with Crippen molar-refractivity contribution in [2.45, 2.75) is 106 Å². The topological polar surface area (TPSA) is 52.6 Å². The second-order valence-corrected chi connectivity index (χ2v) is 11.8. The van der Waals surface area contributed by atoms with E-state index in [4.69, 9.17) is 9.47 Å². The molecule has 28 heavy (non-hydrogen) atoms. The van der Waals surface area contributed by atoms with Gasteiger partial charge in [-0.15, -0.1) is 0 Å². The van der Waals surface area contributed by atoms with Crippen LogP contribution in [0.3, 0.4) is 0 Å². The van der Waals surface area contributed by atoms with Gasteiger partial charge >= 0.3 is 11.9 Å². The van der Waals surface area contributed by atoms with Crippen molar-refractivity contribution in [1.82, 2.24) is 0 Å². The second kappa shape index (κ2) is 6.74. The first-order valence-corrected chi connectivity index (χ1v) is 11.1. The number of hydrogen-bond donors (Lipinski definition) is 0. The van der Waals surface area contributed by atoms with E-state index in [2.05, 4.69) is 41.5 Å². The molecule has 4 rings (SSSR count). The molecule has 0 spiro atoms. The van der Waals surface area contributed by atoms with Crippen LogP contribution in [0.2, 0.25) is 0 Å². The van der Waals surface area contributed by atoms with E-state index in [1.807, 2.05) is 0 Å². The molecule has 4 saturated carbocycles. The molecule has 4 fully saturated rings. The predicted octanol–water partition coefficient (Wildman–Crippen LogP) is 5.53. The molecular formula is C24H40O4. The monoisotopic (exact) mass is 392 g/mol. The van der Waals surface area contributed by atoms with Crippen LogP contribution in [0.4, 0.5) is 0 Å². The third-order valence-corrected chi connectivity index (χ3v) is 8.84. The quantitative estimate of drug-likeness (QED) is 0.580. The highest BCUT2D eigenvalue weighted by Gasteiger charge is 2.62. The second-order valence-electron chi connectivity index (χ2n) is 11.8. The van der Waals surface area contributed by atoms with E-state index >= 15 is 0 Å². The molecule has 4 aliphatic carbocycles. The van der Waals surface area contributed by atoms with Crippen LogP contribution in [0.25, 0.3) is 0 Å². The number of carbonyl (C=O) groups is 2. The molecule has 6 unspecified atom stereocenters. The van der Waals surface area contributed by atoms with Gasteiger partial charge in [0.25, 0.3) is 0 Å². The summed E-state index contributed by atoms with van der Waals surface area (Å²) in [5.74, 6) is 1.24. The van der Waals surface area contributed by atoms with Crippen LogP contribution in [0.5, 0.6) is 0 Å². The molecule has 4 nitrogen and oxygen atoms in total. The summed E-state index contributed by atoms with van der Waals surface area (Å²) < 4.78 is 11.0. The van der Waals surface area contributed by atoms with Gasteiger partial charge in [0.2, 0.25) is 0 Å². The Kier molecular flexibility index (Phi) is 5.21. The molecule has 0 saturated heterocycles. The van der Waals surface area contributed by atoms with Crippen LogP contribution >= 0.6 is 0 Å². The zero-order valence-corrected chi connectivity index (χ0v) is 19.2. The average Bonchev–Trinajstić information content (AvgIpc) is 3.22. The Labute approximate surface area is 171 Å². The molecule has 0 N–H and O–H groups in total. The number of ether oxygens (including phenoxy) is 2. The Hall–Kier alpha value is -1.06. The summed E-state index contributed by atoms with van der Waals surface area (Å²) in [5.41, 5.74) is 0.858. The SMILES string of the molecule is CC(=O)OC1C2(C)CCC(C2)C1(C)C.CC(=O)OC1C2(C)CCC(C2)C1(C)C. The molecule has 160 valence electrons. The zero-order chi connectivity index (χ0) is 21.1. The van der Waals surface area contributed by atoms with E-state index in [-0.39, 0.29) is 45.8 Å². The maximum Gasteiger partial charge on any atom is 0.302 e. The first kappa shape index (κ1) is 21.6. The van der Waals surface area contributed by atoms with Crippen LogP contribution in [-0.2, 0) is 19.1 Å². The van der Waals surface area contributed by atoms with Gasteiger partial charge in [-0.3, -0.25) is 9.59 Å². The maximum atomic E-state index is 11.1. The van der Waals surface area contributed by atoms with E-state index in [9.17, 15) is 9.59 Å². The fourth-order valence-electron chi connectivity index (χ4n) is 7.43. The normalized spacial score (nSPS) is 44.0. The minimum absolute atomic E-state index is 0.128. The van der Waals surface area contributed by atoms with Gasteiger partial charge < -0.3 is 9.47 Å². The summed E-state index contributed by atoms with van der Waals surface area (Å²) in [6, 6.07) is 0. The van der Waals surface area contributed by atoms with E-state index < -0.39 is 0 Å². The number of hydrogen-bond acceptors (Lipinski definition) is 4. The summed E-state index contributed by atoms with van der Waals surface area (Å²) in [7, 11) is 0. The highest BCUT2D eigenvalue weighted by Crippen LogP contribution is 2.64. The van der Waals surface area contributed by atoms with Crippen LogP contribution in [0.15, 0.2) is 0 Å². The summed E-state index contributed by atoms with van der Waals surface area (Å²) in [6.07, 6.45) is 7.79. The van der Waals surface area contributed by atoms with Gasteiger partial charge in [0.1, 0.15) is 12.2 Å². The van der Waals surface area contributed by atoms with Crippen molar-refractivity contribution in [1.29, 1.82) is 0 Å². The van der Waals surface area contributed by atoms with E-state index in [0.717, 1.165) is 11.8 Å². The van der Waals surface area contributed by atoms with Crippen molar-refractivity contribution in [3.05, 3.63) is 0 Å². The molecule has 0 heterocycles. The summed E-state index contributed by atoms with van der Waals surface area (Å²) >= 11 is 0. The maximum absolute atomic E-state index is 11.1. The predicted molar refractivity (Wildman–Crippen MR) is 110 cm³/mol. The minimum Gasteiger partial charge on any atom is -0.461 e. The van der Waals surface area contributed by atoms with Crippen molar-refractivity contribution >= 4 is 11.9 Å². The average molecular weight is 393 g/mol. The van der Waals surface area contributed by atoms with Crippen molar-refractivity contribution in [3.8, 4) is 0 Å². The minimum atomic E-state index is -0.128. The third kappa shape index (κ3) is 3.39. The largest absolute Gasteiger partial charge is 0.461 e. The lowest BCUT2D eigenvalue weighted by Crippen LogP contribution is -2.43. The van der Waals surface area contributed by atoms with Crippen LogP contribution < -0.4 is 0 Å². The summed E-state index contributed by atoms with van der Waals surface area (Å²) in [4.78, 5) is 22.2. The first-order chi connectivity index (χ1) is 12.7. The molecule has 0 aromatic rings. The van der Waals surface area contributed by atoms with Gasteiger partial charge in [0, 0.05) is 35.5 Å². The first-order valence-electron chi connectivity index (χ1n) is 11.1. The Morgan fingerprint density at radius 2 is 1.00 bits per heavy atom. The number of fused-ring (bicyclic) bond motifs is 4. The molecule has 4 heteroatoms. The lowest BCUT2D eigenvalue weighted by atomic mass is 9.70. The molecule has 4 aliphatic rings. The Morgan fingerprint density at radius 1 is 0.679 bits per heavy atom. The standard InChI is InChI=1S/2C12H20O2/c2*1-8(13)14-10-11(2,3)9-5-6-12(10,4)7-9/h2*9-10H,5-7H2,1-4H3. The molecular weight excluding hydrogens is 352 g/mol. The van der Waals surface area contributed by atoms with Gasteiger partial charge in [-0.1, -0.05) is 41.5 Å². The summed E-state index contributed by atoms with van der Waals surface area (Å²) in [5, 5.41) is 0. The highest BCUT2D eigenvalue weighted by atomic mass is 16.5. The van der Waals surface area contributed by atoms with Crippen molar-refractivity contribution in [3.63, 3.8) is 0 Å². The van der Waals surface area contributed by atoms with Crippen molar-refractivity contribution < 1.29 is 19.1 Å². The molecule has 4 bridgehead atoms. The fraction of sp³-hybridized carbons (Fsp3) is 0.917. The van der Waals surface area contributed by atoms with E-state index in [1.165, 1.54) is 52.4 Å². The van der Waals surface area contributed by atoms with E-state index in [0.29, 0.717) is 0 Å². The van der Waals surface area contributed by atoms with Crippen LogP contribution in [0.1, 0.15) is 93.9 Å². The lowest BCUT2D eigenvalue weighted by molar-refractivity contribution is -0.162. The number of esters is 2. The molecule has 0 aliphatic heterocycles. The Bertz CT molecular complexity index is 585. The highest BCUT2D eigenvalue weighted by molar-refractivity contribution is 5.66. The van der Waals surface area contributed by atoms with Gasteiger partial charge in [0.15, 0.2) is 0 Å². The van der Waals surface area contributed by atoms with Crippen LogP contribution in [-0.4, -0.2) is 24.1 Å². The summed E-state index contributed by atoms with van der Waals surface area (Å²) in [6.45, 7) is 16.6. The molecule has 0 amide bonds. The van der Waals surface area contributed by atoms with Gasteiger partial charge in [0.05, 0.1) is 0 Å². The van der Waals surface area contributed by atoms with Crippen LogP contribution in [0, 0.1) is 33.5 Å². The molecule has 6 atom stereocenters. The lowest BCUT2D eigenvalue weighted by Gasteiger charge is -2.41.